The van der Waals surface area contributed by atoms with E-state index in [9.17, 15) is 22.8 Å². The molecule has 3 aromatic rings. The molecule has 1 aliphatic heterocycles. The molecule has 1 aliphatic carbocycles. The highest BCUT2D eigenvalue weighted by atomic mass is 19.4. The van der Waals surface area contributed by atoms with E-state index in [0.29, 0.717) is 24.0 Å². The number of hydrogen-bond acceptors (Lipinski definition) is 5. The lowest BCUT2D eigenvalue weighted by atomic mass is 10.1. The molecule has 2 aromatic carbocycles. The minimum absolute atomic E-state index is 0.179. The summed E-state index contributed by atoms with van der Waals surface area (Å²) in [5.74, 6) is -0.816. The lowest BCUT2D eigenvalue weighted by Crippen LogP contribution is -2.36. The van der Waals surface area contributed by atoms with Crippen LogP contribution in [0.5, 0.6) is 5.75 Å². The minimum atomic E-state index is -4.83. The molecule has 10 heteroatoms. The van der Waals surface area contributed by atoms with Gasteiger partial charge in [-0.15, -0.1) is 13.2 Å². The molecule has 7 nitrogen and oxygen atoms in total. The molecule has 2 fully saturated rings. The van der Waals surface area contributed by atoms with Crippen molar-refractivity contribution in [3.63, 3.8) is 0 Å². The van der Waals surface area contributed by atoms with Crippen LogP contribution in [-0.2, 0) is 11.3 Å². The number of benzene rings is 2. The van der Waals surface area contributed by atoms with Crippen LogP contribution in [0, 0.1) is 0 Å². The zero-order chi connectivity index (χ0) is 22.7. The molecule has 2 heterocycles. The second-order valence-electron chi connectivity index (χ2n) is 7.80. The number of carbonyl (C=O) groups excluding carboxylic acids is 2. The number of alkyl halides is 3. The first-order valence-corrected chi connectivity index (χ1v) is 9.84. The Kier molecular flexibility index (Phi) is 4.30. The molecule has 1 saturated heterocycles. The average Bonchev–Trinajstić information content (AvgIpc) is 3.51. The van der Waals surface area contributed by atoms with E-state index in [4.69, 9.17) is 5.73 Å². The number of urea groups is 1. The Bertz CT molecular complexity index is 1240. The van der Waals surface area contributed by atoms with Crippen molar-refractivity contribution in [2.45, 2.75) is 31.3 Å². The number of hydrogen-bond donors (Lipinski definition) is 1. The molecule has 1 aromatic heterocycles. The zero-order valence-corrected chi connectivity index (χ0v) is 16.6. The third-order valence-electron chi connectivity index (χ3n) is 5.81. The number of fused-ring (bicyclic) bond motifs is 1. The normalized spacial score (nSPS) is 17.5. The van der Waals surface area contributed by atoms with Gasteiger partial charge in [0.2, 0.25) is 0 Å². The third kappa shape index (κ3) is 3.19. The molecule has 2 aliphatic rings. The van der Waals surface area contributed by atoms with Crippen molar-refractivity contribution in [3.8, 4) is 5.75 Å². The number of pyridine rings is 1. The van der Waals surface area contributed by atoms with Gasteiger partial charge in [-0.1, -0.05) is 12.1 Å². The van der Waals surface area contributed by atoms with Crippen LogP contribution in [-0.4, -0.2) is 33.7 Å². The van der Waals surface area contributed by atoms with Gasteiger partial charge in [-0.3, -0.25) is 9.78 Å². The summed E-state index contributed by atoms with van der Waals surface area (Å²) in [6, 6.07) is 11.3. The molecular weight excluding hydrogens is 425 g/mol. The van der Waals surface area contributed by atoms with Gasteiger partial charge in [0.1, 0.15) is 11.3 Å². The molecule has 2 N–H and O–H groups in total. The number of rotatable bonds is 4. The summed E-state index contributed by atoms with van der Waals surface area (Å²) in [5.41, 5.74) is 7.19. The topological polar surface area (TPSA) is 88.8 Å². The van der Waals surface area contributed by atoms with Crippen LogP contribution in [0.15, 0.2) is 54.7 Å². The van der Waals surface area contributed by atoms with Gasteiger partial charge < -0.3 is 15.4 Å². The SMILES string of the molecule is Nc1cccc2c(CN3C(=O)N(c4ccc(OC(F)(F)F)cc4)C(=O)C34CC4)ccnc12. The number of nitrogen functional groups attached to an aromatic ring is 1. The summed E-state index contributed by atoms with van der Waals surface area (Å²) in [7, 11) is 0. The summed E-state index contributed by atoms with van der Waals surface area (Å²) < 4.78 is 41.1. The fourth-order valence-electron chi connectivity index (χ4n) is 4.12. The number of anilines is 2. The van der Waals surface area contributed by atoms with Gasteiger partial charge in [0.05, 0.1) is 16.9 Å². The van der Waals surface area contributed by atoms with Gasteiger partial charge in [0, 0.05) is 18.1 Å². The van der Waals surface area contributed by atoms with Crippen LogP contribution >= 0.6 is 0 Å². The van der Waals surface area contributed by atoms with Crippen LogP contribution in [0.2, 0.25) is 0 Å². The second-order valence-corrected chi connectivity index (χ2v) is 7.80. The number of imide groups is 1. The number of nitrogens with zero attached hydrogens (tertiary/aromatic N) is 3. The van der Waals surface area contributed by atoms with E-state index < -0.39 is 23.7 Å². The number of amides is 3. The lowest BCUT2D eigenvalue weighted by molar-refractivity contribution is -0.274. The Labute approximate surface area is 180 Å². The smallest absolute Gasteiger partial charge is 0.406 e. The monoisotopic (exact) mass is 442 g/mol. The van der Waals surface area contributed by atoms with Crippen LogP contribution in [0.25, 0.3) is 10.9 Å². The minimum Gasteiger partial charge on any atom is -0.406 e. The number of para-hydroxylation sites is 1. The molecule has 0 bridgehead atoms. The van der Waals surface area contributed by atoms with Crippen molar-refractivity contribution >= 4 is 34.2 Å². The van der Waals surface area contributed by atoms with Gasteiger partial charge in [0.25, 0.3) is 5.91 Å². The molecular formula is C22H17F3N4O3. The molecule has 3 amide bonds. The molecule has 0 radical (unpaired) electrons. The Morgan fingerprint density at radius 2 is 1.78 bits per heavy atom. The van der Waals surface area contributed by atoms with Gasteiger partial charge in [-0.2, -0.15) is 0 Å². The Hall–Kier alpha value is -3.82. The molecule has 0 atom stereocenters. The van der Waals surface area contributed by atoms with Crippen LogP contribution in [0.1, 0.15) is 18.4 Å². The van der Waals surface area contributed by atoms with Crippen molar-refractivity contribution < 1.29 is 27.5 Å². The maximum Gasteiger partial charge on any atom is 0.573 e. The Balaban J connectivity index is 1.46. The summed E-state index contributed by atoms with van der Waals surface area (Å²) in [4.78, 5) is 33.3. The fourth-order valence-corrected chi connectivity index (χ4v) is 4.12. The third-order valence-corrected chi connectivity index (χ3v) is 5.81. The first kappa shape index (κ1) is 20.1. The van der Waals surface area contributed by atoms with Crippen molar-refractivity contribution in [1.82, 2.24) is 9.88 Å². The number of halogens is 3. The van der Waals surface area contributed by atoms with E-state index in [1.54, 1.807) is 24.4 Å². The van der Waals surface area contributed by atoms with Crippen LogP contribution in [0.3, 0.4) is 0 Å². The molecule has 0 unspecified atom stereocenters. The molecule has 1 spiro atoms. The van der Waals surface area contributed by atoms with E-state index in [1.165, 1.54) is 17.0 Å². The van der Waals surface area contributed by atoms with Gasteiger partial charge in [-0.05, 0) is 54.8 Å². The molecule has 1 saturated carbocycles. The van der Waals surface area contributed by atoms with Crippen LogP contribution in [0.4, 0.5) is 29.3 Å². The number of ether oxygens (including phenoxy) is 1. The van der Waals surface area contributed by atoms with E-state index in [-0.39, 0.29) is 18.1 Å². The molecule has 32 heavy (non-hydrogen) atoms. The standard InChI is InChI=1S/C22H17F3N4O3/c23-22(24,25)32-15-6-4-14(5-7-15)29-19(30)21(9-10-21)28(20(29)31)12-13-8-11-27-18-16(13)2-1-3-17(18)26/h1-8,11H,9-10,12,26H2. The Morgan fingerprint density at radius 1 is 1.06 bits per heavy atom. The second kappa shape index (κ2) is 6.84. The highest BCUT2D eigenvalue weighted by molar-refractivity contribution is 6.24. The van der Waals surface area contributed by atoms with E-state index in [1.807, 2.05) is 6.07 Å². The van der Waals surface area contributed by atoms with E-state index >= 15 is 0 Å². The fraction of sp³-hybridized carbons (Fsp3) is 0.227. The van der Waals surface area contributed by atoms with Gasteiger partial charge in [-0.25, -0.2) is 9.69 Å². The summed E-state index contributed by atoms with van der Waals surface area (Å²) in [5, 5.41) is 0.788. The molecule has 164 valence electrons. The highest BCUT2D eigenvalue weighted by Gasteiger charge is 2.65. The zero-order valence-electron chi connectivity index (χ0n) is 16.6. The quantitative estimate of drug-likeness (QED) is 0.483. The van der Waals surface area contributed by atoms with Crippen molar-refractivity contribution in [1.29, 1.82) is 0 Å². The van der Waals surface area contributed by atoms with Crippen molar-refractivity contribution in [2.75, 3.05) is 10.6 Å². The van der Waals surface area contributed by atoms with E-state index in [0.717, 1.165) is 28.0 Å². The average molecular weight is 442 g/mol. The maximum atomic E-state index is 13.3. The number of nitrogens with two attached hydrogens (primary N) is 1. The first-order valence-electron chi connectivity index (χ1n) is 9.84. The Morgan fingerprint density at radius 3 is 2.44 bits per heavy atom. The van der Waals surface area contributed by atoms with Gasteiger partial charge in [0.15, 0.2) is 0 Å². The number of aromatic nitrogens is 1. The van der Waals surface area contributed by atoms with E-state index in [2.05, 4.69) is 9.72 Å². The molecule has 5 rings (SSSR count). The van der Waals surface area contributed by atoms with Crippen molar-refractivity contribution in [2.24, 2.45) is 0 Å². The maximum absolute atomic E-state index is 13.3. The van der Waals surface area contributed by atoms with Gasteiger partial charge >= 0.3 is 12.4 Å². The lowest BCUT2D eigenvalue weighted by Gasteiger charge is -2.22. The summed E-state index contributed by atoms with van der Waals surface area (Å²) in [6.45, 7) is 0.179. The summed E-state index contributed by atoms with van der Waals surface area (Å²) >= 11 is 0. The predicted octanol–water partition coefficient (Wildman–Crippen LogP) is 4.22. The first-order chi connectivity index (χ1) is 15.2. The predicted molar refractivity (Wildman–Crippen MR) is 110 cm³/mol. The van der Waals surface area contributed by atoms with Crippen molar-refractivity contribution in [3.05, 3.63) is 60.3 Å². The highest BCUT2D eigenvalue weighted by Crippen LogP contribution is 2.50. The van der Waals surface area contributed by atoms with Crippen LogP contribution < -0.4 is 15.4 Å². The number of carbonyl (C=O) groups is 2. The summed E-state index contributed by atoms with van der Waals surface area (Å²) in [6.07, 6.45) is -2.18. The largest absolute Gasteiger partial charge is 0.573 e.